The van der Waals surface area contributed by atoms with Crippen LogP contribution in [0.25, 0.3) is 0 Å². The van der Waals surface area contributed by atoms with Crippen molar-refractivity contribution in [3.8, 4) is 0 Å². The van der Waals surface area contributed by atoms with Gasteiger partial charge in [-0.05, 0) is 13.0 Å². The van der Waals surface area contributed by atoms with Crippen molar-refractivity contribution in [3.05, 3.63) is 11.8 Å². The Bertz CT molecular complexity index is 326. The maximum Gasteiger partial charge on any atom is 0.0943 e. The molecular weight excluding hydrogens is 198 g/mol. The van der Waals surface area contributed by atoms with E-state index in [0.717, 1.165) is 17.3 Å². The van der Waals surface area contributed by atoms with E-state index in [0.29, 0.717) is 6.54 Å². The fourth-order valence-corrected chi connectivity index (χ4v) is 2.81. The highest BCUT2D eigenvalue weighted by Gasteiger charge is 2.26. The Morgan fingerprint density at radius 3 is 2.93 bits per heavy atom. The molecule has 0 aliphatic carbocycles. The highest BCUT2D eigenvalue weighted by Crippen LogP contribution is 2.27. The van der Waals surface area contributed by atoms with E-state index in [1.807, 2.05) is 18.7 Å². The van der Waals surface area contributed by atoms with Crippen LogP contribution in [0.4, 0.5) is 0 Å². The highest BCUT2D eigenvalue weighted by atomic mass is 32.2. The molecule has 2 N–H and O–H groups in total. The summed E-state index contributed by atoms with van der Waals surface area (Å²) in [5.41, 5.74) is 1.02. The number of aliphatic hydroxyl groups is 1. The second-order valence-corrected chi connectivity index (χ2v) is 4.89. The summed E-state index contributed by atoms with van der Waals surface area (Å²) in [5.74, 6) is 0. The van der Waals surface area contributed by atoms with Gasteiger partial charge in [0.25, 0.3) is 0 Å². The highest BCUT2D eigenvalue weighted by molar-refractivity contribution is 8.00. The summed E-state index contributed by atoms with van der Waals surface area (Å²) in [7, 11) is 1.93. The molecule has 78 valence electrons. The summed E-state index contributed by atoms with van der Waals surface area (Å²) in [6.45, 7) is 3.55. The minimum absolute atomic E-state index is 0.241. The number of nitrogens with one attached hydrogen (secondary N) is 1. The van der Waals surface area contributed by atoms with E-state index in [-0.39, 0.29) is 11.4 Å². The lowest BCUT2D eigenvalue weighted by atomic mass is 10.3. The number of β-amino-alcohol motifs (C(OH)–C–C–N with tert-alkyl or cyclic N) is 1. The number of aliphatic hydroxyl groups excluding tert-OH is 1. The van der Waals surface area contributed by atoms with Gasteiger partial charge in [0.05, 0.1) is 22.1 Å². The molecule has 0 aromatic carbocycles. The number of hydrogen-bond acceptors (Lipinski definition) is 4. The Hall–Kier alpha value is -0.520. The molecule has 4 nitrogen and oxygen atoms in total. The van der Waals surface area contributed by atoms with Gasteiger partial charge in [-0.3, -0.25) is 4.68 Å². The van der Waals surface area contributed by atoms with E-state index in [1.54, 1.807) is 11.8 Å². The van der Waals surface area contributed by atoms with Crippen molar-refractivity contribution in [1.82, 2.24) is 15.1 Å². The van der Waals surface area contributed by atoms with E-state index in [1.165, 1.54) is 0 Å². The average Bonchev–Trinajstić information content (AvgIpc) is 2.62. The zero-order valence-electron chi connectivity index (χ0n) is 8.40. The van der Waals surface area contributed by atoms with Crippen LogP contribution in [-0.4, -0.2) is 39.3 Å². The maximum atomic E-state index is 9.63. The molecule has 1 aromatic heterocycles. The third kappa shape index (κ3) is 1.94. The maximum absolute atomic E-state index is 9.63. The Morgan fingerprint density at radius 1 is 1.64 bits per heavy atom. The summed E-state index contributed by atoms with van der Waals surface area (Å²) < 4.78 is 1.87. The molecule has 1 fully saturated rings. The van der Waals surface area contributed by atoms with Gasteiger partial charge in [0, 0.05) is 20.1 Å². The third-order valence-electron chi connectivity index (χ3n) is 2.36. The van der Waals surface area contributed by atoms with E-state index in [4.69, 9.17) is 0 Å². The number of aryl methyl sites for hydroxylation is 2. The molecule has 2 atom stereocenters. The van der Waals surface area contributed by atoms with Gasteiger partial charge in [-0.1, -0.05) is 11.8 Å². The Balaban J connectivity index is 2.06. The minimum Gasteiger partial charge on any atom is -0.391 e. The fourth-order valence-electron chi connectivity index (χ4n) is 1.61. The van der Waals surface area contributed by atoms with Crippen LogP contribution in [0.15, 0.2) is 11.1 Å². The molecular formula is C9H15N3OS. The van der Waals surface area contributed by atoms with Gasteiger partial charge in [-0.15, -0.1) is 0 Å². The molecule has 5 heteroatoms. The molecule has 0 bridgehead atoms. The first-order valence-electron chi connectivity index (χ1n) is 4.73. The van der Waals surface area contributed by atoms with Gasteiger partial charge in [0.1, 0.15) is 0 Å². The zero-order chi connectivity index (χ0) is 10.1. The number of hydrogen-bond donors (Lipinski definition) is 2. The quantitative estimate of drug-likeness (QED) is 0.734. The molecule has 2 unspecified atom stereocenters. The molecule has 0 amide bonds. The molecule has 1 aliphatic heterocycles. The van der Waals surface area contributed by atoms with Crippen molar-refractivity contribution in [2.24, 2.45) is 7.05 Å². The van der Waals surface area contributed by atoms with Gasteiger partial charge in [0.15, 0.2) is 0 Å². The summed E-state index contributed by atoms with van der Waals surface area (Å²) in [5, 5.41) is 18.5. The minimum atomic E-state index is -0.241. The number of rotatable bonds is 2. The first-order valence-corrected chi connectivity index (χ1v) is 5.61. The molecule has 2 heterocycles. The van der Waals surface area contributed by atoms with Crippen LogP contribution in [0.2, 0.25) is 0 Å². The van der Waals surface area contributed by atoms with Crippen molar-refractivity contribution in [3.63, 3.8) is 0 Å². The lowest BCUT2D eigenvalue weighted by Gasteiger charge is -2.11. The van der Waals surface area contributed by atoms with E-state index in [2.05, 4.69) is 16.5 Å². The van der Waals surface area contributed by atoms with Crippen molar-refractivity contribution < 1.29 is 5.11 Å². The number of nitrogens with zero attached hydrogens (tertiary/aromatic N) is 2. The Labute approximate surface area is 87.7 Å². The van der Waals surface area contributed by atoms with Crippen molar-refractivity contribution in [1.29, 1.82) is 0 Å². The molecule has 0 radical (unpaired) electrons. The molecule has 0 spiro atoms. The molecule has 1 aromatic rings. The van der Waals surface area contributed by atoms with E-state index < -0.39 is 0 Å². The van der Waals surface area contributed by atoms with Gasteiger partial charge in [0.2, 0.25) is 0 Å². The lowest BCUT2D eigenvalue weighted by molar-refractivity contribution is 0.201. The first-order chi connectivity index (χ1) is 6.66. The van der Waals surface area contributed by atoms with Crippen LogP contribution in [0, 0.1) is 6.92 Å². The Kier molecular flexibility index (Phi) is 2.80. The third-order valence-corrected chi connectivity index (χ3v) is 3.77. The van der Waals surface area contributed by atoms with Crippen LogP contribution in [-0.2, 0) is 7.05 Å². The average molecular weight is 213 g/mol. The SMILES string of the molecule is Cc1cc(SC2CNCC2O)n(C)n1. The zero-order valence-corrected chi connectivity index (χ0v) is 9.21. The molecule has 1 aliphatic rings. The summed E-state index contributed by atoms with van der Waals surface area (Å²) in [6.07, 6.45) is -0.241. The lowest BCUT2D eigenvalue weighted by Crippen LogP contribution is -2.20. The molecule has 1 saturated heterocycles. The van der Waals surface area contributed by atoms with Crippen LogP contribution in [0.5, 0.6) is 0 Å². The second-order valence-electron chi connectivity index (χ2n) is 3.63. The van der Waals surface area contributed by atoms with E-state index in [9.17, 15) is 5.11 Å². The van der Waals surface area contributed by atoms with Crippen LogP contribution < -0.4 is 5.32 Å². The van der Waals surface area contributed by atoms with Crippen LogP contribution in [0.1, 0.15) is 5.69 Å². The van der Waals surface area contributed by atoms with Crippen molar-refractivity contribution in [2.45, 2.75) is 23.3 Å². The summed E-state index contributed by atoms with van der Waals surface area (Å²) in [6, 6.07) is 2.05. The topological polar surface area (TPSA) is 50.1 Å². The predicted molar refractivity (Wildman–Crippen MR) is 56.5 cm³/mol. The molecule has 14 heavy (non-hydrogen) atoms. The first kappa shape index (κ1) is 10.0. The van der Waals surface area contributed by atoms with Gasteiger partial charge in [-0.25, -0.2) is 0 Å². The largest absolute Gasteiger partial charge is 0.391 e. The van der Waals surface area contributed by atoms with Crippen molar-refractivity contribution >= 4 is 11.8 Å². The standard InChI is InChI=1S/C9H15N3OS/c1-6-3-9(12(2)11-6)14-8-5-10-4-7(8)13/h3,7-8,10,13H,4-5H2,1-2H3. The van der Waals surface area contributed by atoms with Gasteiger partial charge < -0.3 is 10.4 Å². The van der Waals surface area contributed by atoms with Gasteiger partial charge >= 0.3 is 0 Å². The van der Waals surface area contributed by atoms with Gasteiger partial charge in [-0.2, -0.15) is 5.10 Å². The predicted octanol–water partition coefficient (Wildman–Crippen LogP) is 0.153. The number of aromatic nitrogens is 2. The Morgan fingerprint density at radius 2 is 2.43 bits per heavy atom. The summed E-state index contributed by atoms with van der Waals surface area (Å²) >= 11 is 1.69. The van der Waals surface area contributed by atoms with Crippen LogP contribution in [0.3, 0.4) is 0 Å². The van der Waals surface area contributed by atoms with Crippen molar-refractivity contribution in [2.75, 3.05) is 13.1 Å². The monoisotopic (exact) mass is 213 g/mol. The fraction of sp³-hybridized carbons (Fsp3) is 0.667. The van der Waals surface area contributed by atoms with Crippen LogP contribution >= 0.6 is 11.8 Å². The summed E-state index contributed by atoms with van der Waals surface area (Å²) in [4.78, 5) is 0. The smallest absolute Gasteiger partial charge is 0.0943 e. The van der Waals surface area contributed by atoms with E-state index >= 15 is 0 Å². The molecule has 2 rings (SSSR count). The number of thioether (sulfide) groups is 1. The molecule has 0 saturated carbocycles. The second kappa shape index (κ2) is 3.92. The normalized spacial score (nSPS) is 27.1.